The number of carboxylic acids is 1. The second-order valence-electron chi connectivity index (χ2n) is 4.33. The predicted molar refractivity (Wildman–Crippen MR) is 69.8 cm³/mol. The number of halogens is 3. The minimum absolute atomic E-state index is 0.257. The molecule has 110 valence electrons. The fourth-order valence-electron chi connectivity index (χ4n) is 1.64. The highest BCUT2D eigenvalue weighted by atomic mass is 35.5. The maximum absolute atomic E-state index is 13.2. The minimum Gasteiger partial charge on any atom is -0.480 e. The van der Waals surface area contributed by atoms with Crippen LogP contribution in [0.15, 0.2) is 12.1 Å². The van der Waals surface area contributed by atoms with Crippen LogP contribution in [-0.2, 0) is 4.79 Å². The Hall–Kier alpha value is -1.69. The van der Waals surface area contributed by atoms with Gasteiger partial charge in [-0.15, -0.1) is 0 Å². The predicted octanol–water partition coefficient (Wildman–Crippen LogP) is 2.94. The summed E-state index contributed by atoms with van der Waals surface area (Å²) in [6.07, 6.45) is 0.514. The zero-order valence-electron chi connectivity index (χ0n) is 11.0. The molecule has 1 rings (SSSR count). The number of nitrogens with zero attached hydrogens (tertiary/aromatic N) is 1. The van der Waals surface area contributed by atoms with Crippen LogP contribution in [-0.4, -0.2) is 34.5 Å². The molecule has 0 heterocycles. The number of aliphatic carboxylic acids is 1. The summed E-state index contributed by atoms with van der Waals surface area (Å²) in [5.74, 6) is -4.32. The summed E-state index contributed by atoms with van der Waals surface area (Å²) < 4.78 is 26.2. The number of benzene rings is 1. The third kappa shape index (κ3) is 3.66. The van der Waals surface area contributed by atoms with Crippen LogP contribution >= 0.6 is 11.6 Å². The molecule has 0 radical (unpaired) electrons. The summed E-state index contributed by atoms with van der Waals surface area (Å²) >= 11 is 5.72. The van der Waals surface area contributed by atoms with Crippen molar-refractivity contribution in [3.05, 3.63) is 34.4 Å². The van der Waals surface area contributed by atoms with Gasteiger partial charge in [0.05, 0.1) is 10.6 Å². The van der Waals surface area contributed by atoms with Crippen molar-refractivity contribution in [2.75, 3.05) is 6.54 Å². The zero-order chi connectivity index (χ0) is 15.4. The number of hydrogen-bond acceptors (Lipinski definition) is 2. The molecular formula is C13H14ClF2NO3. The minimum atomic E-state index is -1.21. The average molecular weight is 306 g/mol. The van der Waals surface area contributed by atoms with E-state index in [0.717, 1.165) is 4.90 Å². The molecule has 0 aromatic heterocycles. The van der Waals surface area contributed by atoms with Crippen molar-refractivity contribution in [3.63, 3.8) is 0 Å². The van der Waals surface area contributed by atoms with Crippen LogP contribution < -0.4 is 0 Å². The summed E-state index contributed by atoms with van der Waals surface area (Å²) in [4.78, 5) is 24.1. The fourth-order valence-corrected chi connectivity index (χ4v) is 1.87. The van der Waals surface area contributed by atoms with Crippen LogP contribution in [0.1, 0.15) is 30.6 Å². The highest BCUT2D eigenvalue weighted by molar-refractivity contribution is 6.33. The maximum atomic E-state index is 13.2. The number of amides is 1. The first-order valence-corrected chi connectivity index (χ1v) is 6.33. The standard InChI is InChI=1S/C13H14ClF2NO3/c1-3-7(2)17(6-12(18)19)13(20)8-4-10(15)11(16)5-9(8)14/h4-5,7H,3,6H2,1-2H3,(H,18,19). The summed E-state index contributed by atoms with van der Waals surface area (Å²) in [5, 5.41) is 8.57. The van der Waals surface area contributed by atoms with E-state index in [-0.39, 0.29) is 16.6 Å². The van der Waals surface area contributed by atoms with Crippen LogP contribution in [0.5, 0.6) is 0 Å². The Bertz CT molecular complexity index is 537. The van der Waals surface area contributed by atoms with Gasteiger partial charge in [0.1, 0.15) is 6.54 Å². The lowest BCUT2D eigenvalue weighted by Gasteiger charge is -2.27. The summed E-state index contributed by atoms with van der Waals surface area (Å²) in [7, 11) is 0. The van der Waals surface area contributed by atoms with Crippen molar-refractivity contribution in [1.82, 2.24) is 4.90 Å². The van der Waals surface area contributed by atoms with Gasteiger partial charge in [0.15, 0.2) is 11.6 Å². The smallest absolute Gasteiger partial charge is 0.323 e. The van der Waals surface area contributed by atoms with Crippen molar-refractivity contribution < 1.29 is 23.5 Å². The first kappa shape index (κ1) is 16.4. The van der Waals surface area contributed by atoms with Crippen molar-refractivity contribution in [1.29, 1.82) is 0 Å². The molecule has 1 atom stereocenters. The van der Waals surface area contributed by atoms with Crippen LogP contribution in [0.2, 0.25) is 5.02 Å². The van der Waals surface area contributed by atoms with Gasteiger partial charge in [0.2, 0.25) is 0 Å². The summed E-state index contributed by atoms with van der Waals surface area (Å²) in [6.45, 7) is 2.90. The fraction of sp³-hybridized carbons (Fsp3) is 0.385. The van der Waals surface area contributed by atoms with E-state index in [9.17, 15) is 18.4 Å². The van der Waals surface area contributed by atoms with Gasteiger partial charge in [-0.3, -0.25) is 9.59 Å². The van der Waals surface area contributed by atoms with E-state index >= 15 is 0 Å². The molecular weight excluding hydrogens is 292 g/mol. The molecule has 20 heavy (non-hydrogen) atoms. The molecule has 0 aliphatic carbocycles. The molecule has 0 saturated heterocycles. The second kappa shape index (κ2) is 6.65. The van der Waals surface area contributed by atoms with Gasteiger partial charge in [-0.2, -0.15) is 0 Å². The Morgan fingerprint density at radius 2 is 1.90 bits per heavy atom. The largest absolute Gasteiger partial charge is 0.480 e. The average Bonchev–Trinajstić information content (AvgIpc) is 2.38. The molecule has 0 bridgehead atoms. The molecule has 1 aromatic carbocycles. The molecule has 7 heteroatoms. The Balaban J connectivity index is 3.18. The van der Waals surface area contributed by atoms with Gasteiger partial charge >= 0.3 is 5.97 Å². The maximum Gasteiger partial charge on any atom is 0.323 e. The van der Waals surface area contributed by atoms with Gasteiger partial charge in [0.25, 0.3) is 5.91 Å². The lowest BCUT2D eigenvalue weighted by molar-refractivity contribution is -0.138. The Morgan fingerprint density at radius 1 is 1.35 bits per heavy atom. The molecule has 0 aliphatic heterocycles. The van der Waals surface area contributed by atoms with Crippen LogP contribution in [0.25, 0.3) is 0 Å². The lowest BCUT2D eigenvalue weighted by atomic mass is 10.1. The van der Waals surface area contributed by atoms with Gasteiger partial charge in [-0.1, -0.05) is 18.5 Å². The van der Waals surface area contributed by atoms with Crippen LogP contribution in [0, 0.1) is 11.6 Å². The molecule has 1 unspecified atom stereocenters. The molecule has 4 nitrogen and oxygen atoms in total. The molecule has 0 fully saturated rings. The van der Waals surface area contributed by atoms with Crippen molar-refractivity contribution >= 4 is 23.5 Å². The van der Waals surface area contributed by atoms with E-state index in [1.54, 1.807) is 13.8 Å². The van der Waals surface area contributed by atoms with E-state index in [1.165, 1.54) is 0 Å². The van der Waals surface area contributed by atoms with E-state index in [4.69, 9.17) is 16.7 Å². The van der Waals surface area contributed by atoms with Crippen molar-refractivity contribution in [3.8, 4) is 0 Å². The number of rotatable bonds is 5. The molecule has 1 aromatic rings. The highest BCUT2D eigenvalue weighted by Crippen LogP contribution is 2.22. The van der Waals surface area contributed by atoms with Gasteiger partial charge in [0, 0.05) is 6.04 Å². The number of carbonyl (C=O) groups is 2. The Morgan fingerprint density at radius 3 is 2.40 bits per heavy atom. The Kier molecular flexibility index (Phi) is 5.44. The van der Waals surface area contributed by atoms with E-state index in [0.29, 0.717) is 18.6 Å². The van der Waals surface area contributed by atoms with Gasteiger partial charge in [-0.25, -0.2) is 8.78 Å². The molecule has 0 spiro atoms. The first-order chi connectivity index (χ1) is 9.27. The molecule has 1 N–H and O–H groups in total. The van der Waals surface area contributed by atoms with Crippen molar-refractivity contribution in [2.45, 2.75) is 26.3 Å². The molecule has 0 saturated carbocycles. The van der Waals surface area contributed by atoms with E-state index in [2.05, 4.69) is 0 Å². The molecule has 1 amide bonds. The third-order valence-electron chi connectivity index (χ3n) is 2.93. The number of carbonyl (C=O) groups excluding carboxylic acids is 1. The third-order valence-corrected chi connectivity index (χ3v) is 3.24. The summed E-state index contributed by atoms with van der Waals surface area (Å²) in [6, 6.07) is 1.000. The monoisotopic (exact) mass is 305 g/mol. The SMILES string of the molecule is CCC(C)N(CC(=O)O)C(=O)c1cc(F)c(F)cc1Cl. The van der Waals surface area contributed by atoms with Crippen LogP contribution in [0.3, 0.4) is 0 Å². The zero-order valence-corrected chi connectivity index (χ0v) is 11.7. The quantitative estimate of drug-likeness (QED) is 0.851. The topological polar surface area (TPSA) is 57.6 Å². The Labute approximate surface area is 119 Å². The summed E-state index contributed by atoms with van der Waals surface area (Å²) in [5.41, 5.74) is -0.257. The second-order valence-corrected chi connectivity index (χ2v) is 4.74. The number of carboxylic acid groups (broad SMARTS) is 1. The molecule has 0 aliphatic rings. The lowest BCUT2D eigenvalue weighted by Crippen LogP contribution is -2.42. The van der Waals surface area contributed by atoms with Crippen molar-refractivity contribution in [2.24, 2.45) is 0 Å². The van der Waals surface area contributed by atoms with Gasteiger partial charge < -0.3 is 10.0 Å². The normalized spacial score (nSPS) is 12.1. The van der Waals surface area contributed by atoms with Crippen LogP contribution in [0.4, 0.5) is 8.78 Å². The van der Waals surface area contributed by atoms with E-state index in [1.807, 2.05) is 0 Å². The van der Waals surface area contributed by atoms with E-state index < -0.39 is 30.1 Å². The highest BCUT2D eigenvalue weighted by Gasteiger charge is 2.25. The first-order valence-electron chi connectivity index (χ1n) is 5.95. The van der Waals surface area contributed by atoms with Gasteiger partial charge in [-0.05, 0) is 25.5 Å². The number of hydrogen-bond donors (Lipinski definition) is 1.